The van der Waals surface area contributed by atoms with Crippen LogP contribution in [0.4, 0.5) is 5.82 Å². The molecule has 2 heterocycles. The minimum Gasteiger partial charge on any atom is -0.306 e. The second-order valence-corrected chi connectivity index (χ2v) is 7.19. The smallest absolute Gasteiger partial charge is 0.260 e. The fraction of sp³-hybridized carbons (Fsp3) is 0.0870. The molecule has 1 N–H and O–H groups in total. The van der Waals surface area contributed by atoms with E-state index in [2.05, 4.69) is 15.4 Å². The van der Waals surface area contributed by atoms with Gasteiger partial charge in [-0.3, -0.25) is 9.48 Å². The average molecular weight is 403 g/mol. The van der Waals surface area contributed by atoms with E-state index in [0.717, 1.165) is 16.7 Å². The van der Waals surface area contributed by atoms with Crippen LogP contribution in [0.2, 0.25) is 5.02 Å². The van der Waals surface area contributed by atoms with Crippen LogP contribution in [0.1, 0.15) is 21.5 Å². The Hall–Kier alpha value is -3.44. The molecule has 0 radical (unpaired) electrons. The van der Waals surface area contributed by atoms with Crippen molar-refractivity contribution in [2.45, 2.75) is 13.5 Å². The van der Waals surface area contributed by atoms with Crippen LogP contribution in [-0.4, -0.2) is 20.7 Å². The molecule has 5 nitrogen and oxygen atoms in total. The summed E-state index contributed by atoms with van der Waals surface area (Å²) in [6.07, 6.45) is 3.44. The van der Waals surface area contributed by atoms with Crippen molar-refractivity contribution in [3.63, 3.8) is 0 Å². The number of hydrogen-bond donors (Lipinski definition) is 1. The van der Waals surface area contributed by atoms with E-state index in [1.165, 1.54) is 0 Å². The number of pyridine rings is 1. The van der Waals surface area contributed by atoms with Crippen LogP contribution in [0.3, 0.4) is 0 Å². The first-order valence-corrected chi connectivity index (χ1v) is 9.57. The molecule has 0 atom stereocenters. The zero-order valence-electron chi connectivity index (χ0n) is 15.8. The highest BCUT2D eigenvalue weighted by Crippen LogP contribution is 2.25. The van der Waals surface area contributed by atoms with E-state index < -0.39 is 0 Å². The third kappa shape index (κ3) is 4.52. The lowest BCUT2D eigenvalue weighted by Gasteiger charge is -2.05. The number of aromatic nitrogens is 3. The van der Waals surface area contributed by atoms with Crippen molar-refractivity contribution in [3.8, 4) is 11.3 Å². The first-order chi connectivity index (χ1) is 14.1. The monoisotopic (exact) mass is 402 g/mol. The highest BCUT2D eigenvalue weighted by Gasteiger charge is 2.19. The molecule has 0 saturated carbocycles. The van der Waals surface area contributed by atoms with E-state index in [9.17, 15) is 4.79 Å². The van der Waals surface area contributed by atoms with Crippen LogP contribution in [0, 0.1) is 6.92 Å². The number of rotatable bonds is 5. The van der Waals surface area contributed by atoms with Gasteiger partial charge in [-0.05, 0) is 42.3 Å². The van der Waals surface area contributed by atoms with Gasteiger partial charge in [-0.15, -0.1) is 0 Å². The van der Waals surface area contributed by atoms with Gasteiger partial charge in [0.1, 0.15) is 11.5 Å². The van der Waals surface area contributed by atoms with Gasteiger partial charge in [0.2, 0.25) is 0 Å². The maximum Gasteiger partial charge on any atom is 0.260 e. The van der Waals surface area contributed by atoms with Crippen LogP contribution in [0.15, 0.2) is 79.1 Å². The number of hydrogen-bond acceptors (Lipinski definition) is 3. The number of nitrogens with zero attached hydrogens (tertiary/aromatic N) is 3. The summed E-state index contributed by atoms with van der Waals surface area (Å²) in [4.78, 5) is 17.2. The number of halogens is 1. The van der Waals surface area contributed by atoms with Gasteiger partial charge in [0.15, 0.2) is 0 Å². The molecule has 144 valence electrons. The molecule has 29 heavy (non-hydrogen) atoms. The third-order valence-corrected chi connectivity index (χ3v) is 4.72. The predicted molar refractivity (Wildman–Crippen MR) is 115 cm³/mol. The van der Waals surface area contributed by atoms with E-state index in [-0.39, 0.29) is 5.91 Å². The number of anilines is 1. The summed E-state index contributed by atoms with van der Waals surface area (Å²) in [5.74, 6) is 0.250. The van der Waals surface area contributed by atoms with Gasteiger partial charge in [0.05, 0.1) is 12.1 Å². The maximum absolute atomic E-state index is 13.0. The summed E-state index contributed by atoms with van der Waals surface area (Å²) >= 11 is 6.02. The Labute approximate surface area is 174 Å². The van der Waals surface area contributed by atoms with Crippen LogP contribution in [0.5, 0.6) is 0 Å². The van der Waals surface area contributed by atoms with E-state index in [1.807, 2.05) is 61.5 Å². The maximum atomic E-state index is 13.0. The number of amides is 1. The zero-order chi connectivity index (χ0) is 20.2. The van der Waals surface area contributed by atoms with Crippen LogP contribution >= 0.6 is 11.6 Å². The average Bonchev–Trinajstić information content (AvgIpc) is 3.13. The van der Waals surface area contributed by atoms with Crippen molar-refractivity contribution in [3.05, 3.63) is 101 Å². The molecular formula is C23H19ClN4O. The summed E-state index contributed by atoms with van der Waals surface area (Å²) in [5, 5.41) is 8.18. The number of benzene rings is 2. The van der Waals surface area contributed by atoms with Gasteiger partial charge >= 0.3 is 0 Å². The second kappa shape index (κ2) is 8.29. The summed E-state index contributed by atoms with van der Waals surface area (Å²) in [5.41, 5.74) is 4.02. The molecule has 0 fully saturated rings. The predicted octanol–water partition coefficient (Wildman–Crippen LogP) is 5.21. The number of aryl methyl sites for hydroxylation is 1. The Balaban J connectivity index is 1.69. The van der Waals surface area contributed by atoms with Crippen LogP contribution < -0.4 is 5.32 Å². The normalized spacial score (nSPS) is 10.7. The molecule has 4 rings (SSSR count). The number of carbonyl (C=O) groups is 1. The van der Waals surface area contributed by atoms with E-state index in [0.29, 0.717) is 28.6 Å². The fourth-order valence-electron chi connectivity index (χ4n) is 3.05. The van der Waals surface area contributed by atoms with Gasteiger partial charge < -0.3 is 5.32 Å². The fourth-order valence-corrected chi connectivity index (χ4v) is 3.17. The van der Waals surface area contributed by atoms with Gasteiger partial charge in [0.25, 0.3) is 5.91 Å². The van der Waals surface area contributed by atoms with E-state index >= 15 is 0 Å². The van der Waals surface area contributed by atoms with Crippen molar-refractivity contribution in [2.75, 3.05) is 5.32 Å². The molecule has 0 saturated heterocycles. The molecule has 0 aliphatic carbocycles. The van der Waals surface area contributed by atoms with Crippen molar-refractivity contribution in [2.24, 2.45) is 0 Å². The Kier molecular flexibility index (Phi) is 5.40. The number of carbonyl (C=O) groups excluding carboxylic acids is 1. The highest BCUT2D eigenvalue weighted by molar-refractivity contribution is 6.30. The molecule has 0 bridgehead atoms. The first kappa shape index (κ1) is 18.9. The van der Waals surface area contributed by atoms with E-state index in [1.54, 1.807) is 29.2 Å². The summed E-state index contributed by atoms with van der Waals surface area (Å²) in [6.45, 7) is 2.52. The highest BCUT2D eigenvalue weighted by atomic mass is 35.5. The lowest BCUT2D eigenvalue weighted by Crippen LogP contribution is -2.13. The van der Waals surface area contributed by atoms with Gasteiger partial charge in [-0.2, -0.15) is 5.10 Å². The molecule has 4 aromatic rings. The third-order valence-electron chi connectivity index (χ3n) is 4.47. The molecular weight excluding hydrogens is 384 g/mol. The second-order valence-electron chi connectivity index (χ2n) is 6.75. The Morgan fingerprint density at radius 1 is 1.07 bits per heavy atom. The SMILES string of the molecule is Cc1ccnc(NC(=O)c2cn(Cc3ccccc3)nc2-c2ccc(Cl)cc2)c1. The van der Waals surface area contributed by atoms with Crippen LogP contribution in [0.25, 0.3) is 11.3 Å². The van der Waals surface area contributed by atoms with Gasteiger partial charge in [-0.25, -0.2) is 4.98 Å². The molecule has 2 aromatic heterocycles. The molecule has 1 amide bonds. The lowest BCUT2D eigenvalue weighted by molar-refractivity contribution is 0.102. The Morgan fingerprint density at radius 2 is 1.83 bits per heavy atom. The molecule has 0 aliphatic rings. The molecule has 0 aliphatic heterocycles. The molecule has 2 aromatic carbocycles. The van der Waals surface area contributed by atoms with Crippen molar-refractivity contribution < 1.29 is 4.79 Å². The number of nitrogens with one attached hydrogen (secondary N) is 1. The molecule has 0 spiro atoms. The quantitative estimate of drug-likeness (QED) is 0.498. The summed E-state index contributed by atoms with van der Waals surface area (Å²) in [7, 11) is 0. The van der Waals surface area contributed by atoms with Gasteiger partial charge in [-0.1, -0.05) is 54.1 Å². The van der Waals surface area contributed by atoms with Crippen molar-refractivity contribution in [1.29, 1.82) is 0 Å². The van der Waals surface area contributed by atoms with E-state index in [4.69, 9.17) is 11.6 Å². The summed E-state index contributed by atoms with van der Waals surface area (Å²) in [6, 6.07) is 21.0. The Bertz CT molecular complexity index is 1140. The first-order valence-electron chi connectivity index (χ1n) is 9.20. The zero-order valence-corrected chi connectivity index (χ0v) is 16.6. The topological polar surface area (TPSA) is 59.8 Å². The Morgan fingerprint density at radius 3 is 2.55 bits per heavy atom. The van der Waals surface area contributed by atoms with Gasteiger partial charge in [0, 0.05) is 23.0 Å². The van der Waals surface area contributed by atoms with Crippen molar-refractivity contribution in [1.82, 2.24) is 14.8 Å². The molecule has 6 heteroatoms. The summed E-state index contributed by atoms with van der Waals surface area (Å²) < 4.78 is 1.78. The largest absolute Gasteiger partial charge is 0.306 e. The van der Waals surface area contributed by atoms with Crippen LogP contribution in [-0.2, 0) is 6.54 Å². The molecule has 0 unspecified atom stereocenters. The minimum absolute atomic E-state index is 0.257. The van der Waals surface area contributed by atoms with Crippen molar-refractivity contribution >= 4 is 23.3 Å². The lowest BCUT2D eigenvalue weighted by atomic mass is 10.1. The standard InChI is InChI=1S/C23H19ClN4O/c1-16-11-12-25-21(13-16)26-23(29)20-15-28(14-17-5-3-2-4-6-17)27-22(20)18-7-9-19(24)10-8-18/h2-13,15H,14H2,1H3,(H,25,26,29). The minimum atomic E-state index is -0.257.